The topological polar surface area (TPSA) is 80.5 Å². The number of hydrogen-bond acceptors (Lipinski definition) is 5. The standard InChI is InChI=1S/C9H12N2O4S/c1-11(7-3-5-16(13,14)6-7)9(12)8-2-4-15-10-8/h2,4,7H,3,5-6H2,1H3. The van der Waals surface area contributed by atoms with Crippen LogP contribution in [0.3, 0.4) is 0 Å². The van der Waals surface area contributed by atoms with E-state index in [4.69, 9.17) is 0 Å². The second-order valence-electron chi connectivity index (χ2n) is 3.86. The monoisotopic (exact) mass is 244 g/mol. The van der Waals surface area contributed by atoms with Crippen molar-refractivity contribution < 1.29 is 17.7 Å². The highest BCUT2D eigenvalue weighted by atomic mass is 32.2. The first-order valence-electron chi connectivity index (χ1n) is 4.87. The van der Waals surface area contributed by atoms with Crippen molar-refractivity contribution in [2.24, 2.45) is 0 Å². The number of hydrogen-bond donors (Lipinski definition) is 0. The van der Waals surface area contributed by atoms with Crippen LogP contribution in [0.25, 0.3) is 0 Å². The molecule has 1 fully saturated rings. The maximum absolute atomic E-state index is 11.8. The zero-order chi connectivity index (χ0) is 11.8. The molecule has 0 N–H and O–H groups in total. The Hall–Kier alpha value is -1.37. The van der Waals surface area contributed by atoms with Crippen LogP contribution >= 0.6 is 0 Å². The van der Waals surface area contributed by atoms with Crippen molar-refractivity contribution in [3.63, 3.8) is 0 Å². The minimum absolute atomic E-state index is 0.0348. The molecular formula is C9H12N2O4S. The van der Waals surface area contributed by atoms with E-state index < -0.39 is 9.84 Å². The van der Waals surface area contributed by atoms with Gasteiger partial charge in [0.1, 0.15) is 6.26 Å². The SMILES string of the molecule is CN(C(=O)c1ccon1)C1CCS(=O)(=O)C1. The molecule has 6 nitrogen and oxygen atoms in total. The van der Waals surface area contributed by atoms with Gasteiger partial charge < -0.3 is 9.42 Å². The van der Waals surface area contributed by atoms with Crippen molar-refractivity contribution in [2.45, 2.75) is 12.5 Å². The van der Waals surface area contributed by atoms with Crippen LogP contribution < -0.4 is 0 Å². The van der Waals surface area contributed by atoms with Crippen LogP contribution in [0.4, 0.5) is 0 Å². The molecule has 16 heavy (non-hydrogen) atoms. The smallest absolute Gasteiger partial charge is 0.276 e. The molecule has 2 heterocycles. The Morgan fingerprint density at radius 2 is 2.38 bits per heavy atom. The van der Waals surface area contributed by atoms with E-state index in [-0.39, 0.29) is 29.1 Å². The van der Waals surface area contributed by atoms with Gasteiger partial charge in [0.15, 0.2) is 15.5 Å². The number of carbonyl (C=O) groups excluding carboxylic acids is 1. The lowest BCUT2D eigenvalue weighted by atomic mass is 10.2. The summed E-state index contributed by atoms with van der Waals surface area (Å²) in [6, 6.07) is 1.21. The van der Waals surface area contributed by atoms with Crippen LogP contribution in [0.15, 0.2) is 16.9 Å². The molecule has 1 aromatic rings. The summed E-state index contributed by atoms with van der Waals surface area (Å²) < 4.78 is 27.1. The highest BCUT2D eigenvalue weighted by molar-refractivity contribution is 7.91. The van der Waals surface area contributed by atoms with Crippen molar-refractivity contribution in [3.8, 4) is 0 Å². The Morgan fingerprint density at radius 3 is 2.88 bits per heavy atom. The van der Waals surface area contributed by atoms with Crippen LogP contribution in [0.5, 0.6) is 0 Å². The molecule has 0 bridgehead atoms. The van der Waals surface area contributed by atoms with Crippen LogP contribution in [-0.2, 0) is 9.84 Å². The van der Waals surface area contributed by atoms with Gasteiger partial charge in [-0.15, -0.1) is 0 Å². The Kier molecular flexibility index (Phi) is 2.71. The predicted octanol–water partition coefficient (Wildman–Crippen LogP) is -0.0663. The fourth-order valence-electron chi connectivity index (χ4n) is 1.75. The lowest BCUT2D eigenvalue weighted by molar-refractivity contribution is 0.0737. The molecule has 1 amide bonds. The summed E-state index contributed by atoms with van der Waals surface area (Å²) in [6.45, 7) is 0. The molecule has 1 aromatic heterocycles. The van der Waals surface area contributed by atoms with E-state index >= 15 is 0 Å². The summed E-state index contributed by atoms with van der Waals surface area (Å²) in [4.78, 5) is 13.2. The quantitative estimate of drug-likeness (QED) is 0.727. The van der Waals surface area contributed by atoms with Gasteiger partial charge in [-0.3, -0.25) is 4.79 Å². The van der Waals surface area contributed by atoms with Gasteiger partial charge in [0, 0.05) is 19.2 Å². The van der Waals surface area contributed by atoms with E-state index in [0.29, 0.717) is 6.42 Å². The number of rotatable bonds is 2. The average molecular weight is 244 g/mol. The van der Waals surface area contributed by atoms with Gasteiger partial charge in [0.2, 0.25) is 0 Å². The number of amides is 1. The lowest BCUT2D eigenvalue weighted by Crippen LogP contribution is -2.37. The number of sulfone groups is 1. The van der Waals surface area contributed by atoms with Crippen molar-refractivity contribution in [1.82, 2.24) is 10.1 Å². The second-order valence-corrected chi connectivity index (χ2v) is 6.09. The Bertz CT molecular complexity index is 480. The molecule has 0 radical (unpaired) electrons. The third kappa shape index (κ3) is 2.08. The zero-order valence-electron chi connectivity index (χ0n) is 8.79. The molecule has 1 aliphatic rings. The van der Waals surface area contributed by atoms with Gasteiger partial charge in [-0.25, -0.2) is 8.42 Å². The maximum atomic E-state index is 11.8. The summed E-state index contributed by atoms with van der Waals surface area (Å²) in [5, 5.41) is 3.53. The normalized spacial score (nSPS) is 23.2. The molecule has 0 saturated carbocycles. The van der Waals surface area contributed by atoms with Gasteiger partial charge in [-0.05, 0) is 6.42 Å². The minimum atomic E-state index is -2.98. The summed E-state index contributed by atoms with van der Waals surface area (Å²) in [5.74, 6) is -0.128. The summed E-state index contributed by atoms with van der Waals surface area (Å²) in [5.41, 5.74) is 0.201. The molecular weight excluding hydrogens is 232 g/mol. The number of carbonyl (C=O) groups is 1. The van der Waals surface area contributed by atoms with Crippen LogP contribution in [0.1, 0.15) is 16.9 Å². The molecule has 0 aliphatic carbocycles. The van der Waals surface area contributed by atoms with Crippen LogP contribution in [0.2, 0.25) is 0 Å². The van der Waals surface area contributed by atoms with Crippen LogP contribution in [-0.4, -0.2) is 49.0 Å². The van der Waals surface area contributed by atoms with E-state index in [0.717, 1.165) is 0 Å². The molecule has 1 aliphatic heterocycles. The van der Waals surface area contributed by atoms with Crippen LogP contribution in [0, 0.1) is 0 Å². The predicted molar refractivity (Wildman–Crippen MR) is 55.7 cm³/mol. The van der Waals surface area contributed by atoms with Gasteiger partial charge >= 0.3 is 0 Å². The molecule has 2 rings (SSSR count). The molecule has 88 valence electrons. The summed E-state index contributed by atoms with van der Waals surface area (Å²) in [6.07, 6.45) is 1.80. The zero-order valence-corrected chi connectivity index (χ0v) is 9.61. The molecule has 1 atom stereocenters. The van der Waals surface area contributed by atoms with Crippen molar-refractivity contribution in [3.05, 3.63) is 18.0 Å². The lowest BCUT2D eigenvalue weighted by Gasteiger charge is -2.21. The fraction of sp³-hybridized carbons (Fsp3) is 0.556. The van der Waals surface area contributed by atoms with Gasteiger partial charge in [0.25, 0.3) is 5.91 Å². The maximum Gasteiger partial charge on any atom is 0.276 e. The molecule has 0 spiro atoms. The Labute approximate surface area is 93.1 Å². The van der Waals surface area contributed by atoms with Gasteiger partial charge in [-0.2, -0.15) is 0 Å². The van der Waals surface area contributed by atoms with Gasteiger partial charge in [0.05, 0.1) is 11.5 Å². The first-order chi connectivity index (χ1) is 7.49. The third-order valence-corrected chi connectivity index (χ3v) is 4.48. The van der Waals surface area contributed by atoms with E-state index in [1.165, 1.54) is 17.2 Å². The van der Waals surface area contributed by atoms with Crippen molar-refractivity contribution in [1.29, 1.82) is 0 Å². The molecule has 7 heteroatoms. The number of nitrogens with zero attached hydrogens (tertiary/aromatic N) is 2. The second kappa shape index (κ2) is 3.89. The average Bonchev–Trinajstić information content (AvgIpc) is 2.84. The third-order valence-electron chi connectivity index (χ3n) is 2.73. The van der Waals surface area contributed by atoms with Gasteiger partial charge in [-0.1, -0.05) is 5.16 Å². The van der Waals surface area contributed by atoms with E-state index in [2.05, 4.69) is 9.68 Å². The largest absolute Gasteiger partial charge is 0.364 e. The fourth-order valence-corrected chi connectivity index (χ4v) is 3.52. The summed E-state index contributed by atoms with van der Waals surface area (Å²) >= 11 is 0. The Morgan fingerprint density at radius 1 is 1.62 bits per heavy atom. The van der Waals surface area contributed by atoms with Crippen molar-refractivity contribution >= 4 is 15.7 Å². The molecule has 1 unspecified atom stereocenters. The minimum Gasteiger partial charge on any atom is -0.364 e. The first-order valence-corrected chi connectivity index (χ1v) is 6.70. The highest BCUT2D eigenvalue weighted by Gasteiger charge is 2.33. The van der Waals surface area contributed by atoms with Crippen molar-refractivity contribution in [2.75, 3.05) is 18.6 Å². The van der Waals surface area contributed by atoms with E-state index in [1.807, 2.05) is 0 Å². The molecule has 1 saturated heterocycles. The first kappa shape index (κ1) is 11.1. The molecule has 0 aromatic carbocycles. The summed E-state index contributed by atoms with van der Waals surface area (Å²) in [7, 11) is -1.39. The van der Waals surface area contributed by atoms with E-state index in [1.54, 1.807) is 7.05 Å². The number of aromatic nitrogens is 1. The van der Waals surface area contributed by atoms with E-state index in [9.17, 15) is 13.2 Å². The Balaban J connectivity index is 2.09. The highest BCUT2D eigenvalue weighted by Crippen LogP contribution is 2.17.